The molecular formula is C12H13N5O2. The SMILES string of the molecule is O=C(c1ccnnc1)N1CCOCC1c1ccn[nH]1. The number of amides is 1. The predicted molar refractivity (Wildman–Crippen MR) is 65.2 cm³/mol. The van der Waals surface area contributed by atoms with Gasteiger partial charge >= 0.3 is 0 Å². The number of carbonyl (C=O) groups excluding carboxylic acids is 1. The fraction of sp³-hybridized carbons (Fsp3) is 0.333. The number of nitrogens with zero attached hydrogens (tertiary/aromatic N) is 4. The molecule has 0 saturated carbocycles. The van der Waals surface area contributed by atoms with Gasteiger partial charge in [0.15, 0.2) is 0 Å². The lowest BCUT2D eigenvalue weighted by Gasteiger charge is -2.34. The van der Waals surface area contributed by atoms with Crippen molar-refractivity contribution >= 4 is 5.91 Å². The molecule has 0 bridgehead atoms. The lowest BCUT2D eigenvalue weighted by molar-refractivity contribution is -0.00394. The molecule has 3 heterocycles. The van der Waals surface area contributed by atoms with Crippen LogP contribution in [0, 0.1) is 0 Å². The Morgan fingerprint density at radius 3 is 3.05 bits per heavy atom. The van der Waals surface area contributed by atoms with Crippen molar-refractivity contribution in [1.29, 1.82) is 0 Å². The van der Waals surface area contributed by atoms with Crippen molar-refractivity contribution in [3.05, 3.63) is 42.0 Å². The Bertz CT molecular complexity index is 543. The lowest BCUT2D eigenvalue weighted by Crippen LogP contribution is -2.43. The second-order valence-electron chi connectivity index (χ2n) is 4.23. The van der Waals surface area contributed by atoms with Crippen molar-refractivity contribution in [1.82, 2.24) is 25.3 Å². The van der Waals surface area contributed by atoms with E-state index in [1.54, 1.807) is 17.2 Å². The van der Waals surface area contributed by atoms with Crippen LogP contribution < -0.4 is 0 Å². The minimum atomic E-state index is -0.142. The van der Waals surface area contributed by atoms with E-state index in [1.165, 1.54) is 12.4 Å². The highest BCUT2D eigenvalue weighted by Crippen LogP contribution is 2.23. The van der Waals surface area contributed by atoms with Crippen LogP contribution in [0.15, 0.2) is 30.7 Å². The van der Waals surface area contributed by atoms with Crippen molar-refractivity contribution in [2.75, 3.05) is 19.8 Å². The number of nitrogens with one attached hydrogen (secondary N) is 1. The molecule has 0 spiro atoms. The first kappa shape index (κ1) is 11.8. The van der Waals surface area contributed by atoms with E-state index in [0.29, 0.717) is 25.3 Å². The van der Waals surface area contributed by atoms with E-state index in [2.05, 4.69) is 20.4 Å². The molecule has 2 aromatic heterocycles. The van der Waals surface area contributed by atoms with Gasteiger partial charge < -0.3 is 9.64 Å². The topological polar surface area (TPSA) is 84.0 Å². The summed E-state index contributed by atoms with van der Waals surface area (Å²) in [5, 5.41) is 14.2. The Hall–Kier alpha value is -2.28. The Kier molecular flexibility index (Phi) is 3.20. The van der Waals surface area contributed by atoms with E-state index < -0.39 is 0 Å². The zero-order valence-corrected chi connectivity index (χ0v) is 10.2. The maximum atomic E-state index is 12.5. The predicted octanol–water partition coefficient (Wildman–Crippen LogP) is 0.413. The number of morpholine rings is 1. The summed E-state index contributed by atoms with van der Waals surface area (Å²) in [5.74, 6) is -0.0715. The summed E-state index contributed by atoms with van der Waals surface area (Å²) in [6.07, 6.45) is 4.65. The summed E-state index contributed by atoms with van der Waals surface area (Å²) in [7, 11) is 0. The molecule has 2 aromatic rings. The van der Waals surface area contributed by atoms with Crippen LogP contribution in [0.1, 0.15) is 22.1 Å². The van der Waals surface area contributed by atoms with Gasteiger partial charge in [-0.05, 0) is 12.1 Å². The van der Waals surface area contributed by atoms with Crippen LogP contribution in [0.3, 0.4) is 0 Å². The monoisotopic (exact) mass is 259 g/mol. The third-order valence-electron chi connectivity index (χ3n) is 3.10. The van der Waals surface area contributed by atoms with E-state index in [0.717, 1.165) is 5.69 Å². The minimum Gasteiger partial charge on any atom is -0.377 e. The quantitative estimate of drug-likeness (QED) is 0.844. The van der Waals surface area contributed by atoms with Crippen molar-refractivity contribution < 1.29 is 9.53 Å². The van der Waals surface area contributed by atoms with E-state index in [1.807, 2.05) is 6.07 Å². The van der Waals surface area contributed by atoms with Crippen LogP contribution in [0.25, 0.3) is 0 Å². The maximum absolute atomic E-state index is 12.5. The van der Waals surface area contributed by atoms with Gasteiger partial charge in [0, 0.05) is 12.7 Å². The van der Waals surface area contributed by atoms with Crippen LogP contribution in [0.4, 0.5) is 0 Å². The van der Waals surface area contributed by atoms with Gasteiger partial charge in [-0.3, -0.25) is 9.89 Å². The summed E-state index contributed by atoms with van der Waals surface area (Å²) in [6.45, 7) is 1.55. The highest BCUT2D eigenvalue weighted by molar-refractivity contribution is 5.94. The molecular weight excluding hydrogens is 246 g/mol. The van der Waals surface area contributed by atoms with Crippen LogP contribution in [-0.4, -0.2) is 51.0 Å². The van der Waals surface area contributed by atoms with Crippen molar-refractivity contribution in [2.24, 2.45) is 0 Å². The summed E-state index contributed by atoms with van der Waals surface area (Å²) in [5.41, 5.74) is 1.40. The number of H-pyrrole nitrogens is 1. The second kappa shape index (κ2) is 5.15. The van der Waals surface area contributed by atoms with Gasteiger partial charge in [-0.1, -0.05) is 0 Å². The Morgan fingerprint density at radius 1 is 1.37 bits per heavy atom. The van der Waals surface area contributed by atoms with E-state index in [-0.39, 0.29) is 11.9 Å². The third kappa shape index (κ3) is 2.32. The average molecular weight is 259 g/mol. The molecule has 1 aliphatic rings. The first-order chi connectivity index (χ1) is 9.36. The first-order valence-corrected chi connectivity index (χ1v) is 6.01. The van der Waals surface area contributed by atoms with Gasteiger partial charge in [-0.25, -0.2) is 0 Å². The Morgan fingerprint density at radius 2 is 2.32 bits per heavy atom. The molecule has 0 radical (unpaired) electrons. The van der Waals surface area contributed by atoms with E-state index >= 15 is 0 Å². The van der Waals surface area contributed by atoms with Gasteiger partial charge in [0.25, 0.3) is 5.91 Å². The number of hydrogen-bond acceptors (Lipinski definition) is 5. The molecule has 1 aliphatic heterocycles. The Balaban J connectivity index is 1.87. The standard InChI is InChI=1S/C12H13N5O2/c18-12(9-1-3-13-15-7-9)17-5-6-19-8-11(17)10-2-4-14-16-10/h1-4,7,11H,5-6,8H2,(H,14,16). The van der Waals surface area contributed by atoms with Gasteiger partial charge in [0.05, 0.1) is 42.9 Å². The zero-order valence-electron chi connectivity index (χ0n) is 10.2. The van der Waals surface area contributed by atoms with E-state index in [9.17, 15) is 4.79 Å². The molecule has 1 atom stereocenters. The first-order valence-electron chi connectivity index (χ1n) is 6.01. The molecule has 19 heavy (non-hydrogen) atoms. The third-order valence-corrected chi connectivity index (χ3v) is 3.10. The molecule has 7 heteroatoms. The Labute approximate surface area is 109 Å². The smallest absolute Gasteiger partial charge is 0.256 e. The van der Waals surface area contributed by atoms with Gasteiger partial charge in [0.2, 0.25) is 0 Å². The molecule has 1 N–H and O–H groups in total. The normalized spacial score (nSPS) is 19.4. The lowest BCUT2D eigenvalue weighted by atomic mass is 10.1. The largest absolute Gasteiger partial charge is 0.377 e. The number of rotatable bonds is 2. The maximum Gasteiger partial charge on any atom is 0.256 e. The summed E-state index contributed by atoms with van der Waals surface area (Å²) in [4.78, 5) is 14.2. The van der Waals surface area contributed by atoms with E-state index in [4.69, 9.17) is 4.74 Å². The van der Waals surface area contributed by atoms with Crippen LogP contribution in [0.5, 0.6) is 0 Å². The number of aromatic nitrogens is 4. The highest BCUT2D eigenvalue weighted by Gasteiger charge is 2.30. The molecule has 0 aliphatic carbocycles. The summed E-state index contributed by atoms with van der Waals surface area (Å²) in [6, 6.07) is 3.37. The molecule has 7 nitrogen and oxygen atoms in total. The molecule has 1 unspecified atom stereocenters. The van der Waals surface area contributed by atoms with Crippen LogP contribution in [0.2, 0.25) is 0 Å². The van der Waals surface area contributed by atoms with Crippen molar-refractivity contribution in [3.8, 4) is 0 Å². The molecule has 0 aromatic carbocycles. The molecule has 1 amide bonds. The number of carbonyl (C=O) groups is 1. The van der Waals surface area contributed by atoms with Crippen LogP contribution >= 0.6 is 0 Å². The second-order valence-corrected chi connectivity index (χ2v) is 4.23. The minimum absolute atomic E-state index is 0.0715. The fourth-order valence-electron chi connectivity index (χ4n) is 2.14. The van der Waals surface area contributed by atoms with Crippen molar-refractivity contribution in [3.63, 3.8) is 0 Å². The van der Waals surface area contributed by atoms with Gasteiger partial charge in [-0.15, -0.1) is 0 Å². The number of hydrogen-bond donors (Lipinski definition) is 1. The number of ether oxygens (including phenoxy) is 1. The average Bonchev–Trinajstić information content (AvgIpc) is 3.01. The molecule has 3 rings (SSSR count). The summed E-state index contributed by atoms with van der Waals surface area (Å²) >= 11 is 0. The van der Waals surface area contributed by atoms with Gasteiger partial charge in [0.1, 0.15) is 0 Å². The molecule has 1 saturated heterocycles. The van der Waals surface area contributed by atoms with Gasteiger partial charge in [-0.2, -0.15) is 15.3 Å². The van der Waals surface area contributed by atoms with Crippen molar-refractivity contribution in [2.45, 2.75) is 6.04 Å². The number of aromatic amines is 1. The molecule has 98 valence electrons. The zero-order chi connectivity index (χ0) is 13.1. The van der Waals surface area contributed by atoms with Crippen LogP contribution in [-0.2, 0) is 4.74 Å². The highest BCUT2D eigenvalue weighted by atomic mass is 16.5. The fourth-order valence-corrected chi connectivity index (χ4v) is 2.14. The molecule has 1 fully saturated rings. The summed E-state index contributed by atoms with van der Waals surface area (Å²) < 4.78 is 5.45.